The van der Waals surface area contributed by atoms with Gasteiger partial charge in [-0.1, -0.05) is 36.4 Å². The fraction of sp³-hybridized carbons (Fsp3) is 0.439. The molecule has 0 radical (unpaired) electrons. The lowest BCUT2D eigenvalue weighted by Crippen LogP contribution is -2.67. The molecule has 1 aliphatic carbocycles. The molecule has 3 saturated heterocycles. The lowest BCUT2D eigenvalue weighted by molar-refractivity contribution is -0.130. The third-order valence-corrected chi connectivity index (χ3v) is 11.7. The smallest absolute Gasteiger partial charge is 0.237 e. The standard InChI is InChI=1S/C41H47N7O4/c1-25-29(30-9-7-11-32(26(30)2)34-21-42-35(39(44-34)51-4)22-46-16-18-47(19-17-46)27(3)49)8-6-10-31(25)33-20-28-12-13-36(38(28)40(43-33)52-5)48-23-41(24-48)15-14-37(50)45-41/h6-11,20-21,36H,12-19,22-24H2,1-5H3,(H,45,50). The number of nitrogens with one attached hydrogen (secondary N) is 1. The van der Waals surface area contributed by atoms with E-state index in [1.807, 2.05) is 11.1 Å². The van der Waals surface area contributed by atoms with E-state index in [1.54, 1.807) is 21.1 Å². The predicted molar refractivity (Wildman–Crippen MR) is 199 cm³/mol. The van der Waals surface area contributed by atoms with Crippen LogP contribution < -0.4 is 14.8 Å². The number of pyridine rings is 1. The van der Waals surface area contributed by atoms with Crippen LogP contribution in [0.15, 0.2) is 48.7 Å². The van der Waals surface area contributed by atoms with E-state index in [-0.39, 0.29) is 23.4 Å². The van der Waals surface area contributed by atoms with Crippen LogP contribution in [0.5, 0.6) is 11.8 Å². The molecule has 11 nitrogen and oxygen atoms in total. The van der Waals surface area contributed by atoms with Crippen molar-refractivity contribution in [3.63, 3.8) is 0 Å². The van der Waals surface area contributed by atoms with Gasteiger partial charge in [-0.2, -0.15) is 0 Å². The highest BCUT2D eigenvalue weighted by Gasteiger charge is 2.51. The minimum atomic E-state index is -0.0514. The number of hydrogen-bond donors (Lipinski definition) is 1. The second kappa shape index (κ2) is 13.6. The number of likely N-dealkylation sites (tertiary alicyclic amines) is 1. The van der Waals surface area contributed by atoms with Crippen LogP contribution in [0.4, 0.5) is 0 Å². The Hall–Kier alpha value is -4.87. The number of hydrogen-bond acceptors (Lipinski definition) is 9. The van der Waals surface area contributed by atoms with Gasteiger partial charge < -0.3 is 19.7 Å². The van der Waals surface area contributed by atoms with Gasteiger partial charge in [-0.25, -0.2) is 9.97 Å². The van der Waals surface area contributed by atoms with E-state index >= 15 is 0 Å². The largest absolute Gasteiger partial charge is 0.481 e. The van der Waals surface area contributed by atoms with Gasteiger partial charge in [0.25, 0.3) is 0 Å². The lowest BCUT2D eigenvalue weighted by atomic mass is 9.86. The summed E-state index contributed by atoms with van der Waals surface area (Å²) in [6.45, 7) is 11.3. The van der Waals surface area contributed by atoms with E-state index in [4.69, 9.17) is 24.4 Å². The quantitative estimate of drug-likeness (QED) is 0.268. The number of carbonyl (C=O) groups excluding carboxylic acids is 2. The first-order valence-electron chi connectivity index (χ1n) is 18.4. The summed E-state index contributed by atoms with van der Waals surface area (Å²) in [5, 5.41) is 3.22. The second-order valence-electron chi connectivity index (χ2n) is 14.8. The summed E-state index contributed by atoms with van der Waals surface area (Å²) in [6, 6.07) is 15.3. The molecule has 0 saturated carbocycles. The Morgan fingerprint density at radius 3 is 2.13 bits per heavy atom. The summed E-state index contributed by atoms with van der Waals surface area (Å²) in [5.41, 5.74) is 11.5. The van der Waals surface area contributed by atoms with Gasteiger partial charge in [-0.05, 0) is 67.0 Å². The molecule has 1 N–H and O–H groups in total. The molecular formula is C41H47N7O4. The number of carbonyl (C=O) groups is 2. The maximum Gasteiger partial charge on any atom is 0.237 e. The summed E-state index contributed by atoms with van der Waals surface area (Å²) in [5.74, 6) is 1.51. The lowest BCUT2D eigenvalue weighted by Gasteiger charge is -2.50. The summed E-state index contributed by atoms with van der Waals surface area (Å²) < 4.78 is 11.7. The Morgan fingerprint density at radius 1 is 0.885 bits per heavy atom. The highest BCUT2D eigenvalue weighted by atomic mass is 16.5. The first kappa shape index (κ1) is 34.2. The number of piperazine rings is 1. The number of methoxy groups -OCH3 is 2. The van der Waals surface area contributed by atoms with Gasteiger partial charge in [0.1, 0.15) is 5.69 Å². The molecule has 4 aliphatic rings. The van der Waals surface area contributed by atoms with E-state index in [1.165, 1.54) is 11.1 Å². The van der Waals surface area contributed by atoms with E-state index in [0.717, 1.165) is 95.9 Å². The zero-order valence-electron chi connectivity index (χ0n) is 30.8. The molecule has 11 heteroatoms. The first-order valence-corrected chi connectivity index (χ1v) is 18.4. The SMILES string of the molecule is COc1nc(-c2cccc(-c3cccc(-c4cc5c(c(OC)n4)C(N4CC6(CCC(=O)N6)C4)CC5)c3C)c2C)cnc1CN1CCN(C(C)=O)CC1. The van der Waals surface area contributed by atoms with Crippen LogP contribution in [-0.2, 0) is 22.6 Å². The summed E-state index contributed by atoms with van der Waals surface area (Å²) in [4.78, 5) is 45.2. The van der Waals surface area contributed by atoms with Gasteiger partial charge in [0.05, 0.1) is 37.3 Å². The van der Waals surface area contributed by atoms with E-state index in [2.05, 4.69) is 71.4 Å². The Bertz CT molecular complexity index is 2050. The molecule has 2 amide bonds. The van der Waals surface area contributed by atoms with Crippen LogP contribution in [0.1, 0.15) is 60.2 Å². The summed E-state index contributed by atoms with van der Waals surface area (Å²) >= 11 is 0. The number of ether oxygens (including phenoxy) is 2. The van der Waals surface area contributed by atoms with Crippen molar-refractivity contribution in [3.8, 4) is 45.4 Å². The predicted octanol–water partition coefficient (Wildman–Crippen LogP) is 5.12. The zero-order valence-corrected chi connectivity index (χ0v) is 30.8. The first-order chi connectivity index (χ1) is 25.2. The molecule has 270 valence electrons. The average molecular weight is 702 g/mol. The minimum absolute atomic E-state index is 0.0514. The van der Waals surface area contributed by atoms with Gasteiger partial charge in [0.15, 0.2) is 0 Å². The van der Waals surface area contributed by atoms with Crippen LogP contribution in [0.2, 0.25) is 0 Å². The number of amides is 2. The van der Waals surface area contributed by atoms with Gasteiger partial charge in [-0.15, -0.1) is 0 Å². The van der Waals surface area contributed by atoms with Gasteiger partial charge in [-0.3, -0.25) is 24.4 Å². The molecule has 1 atom stereocenters. The van der Waals surface area contributed by atoms with Crippen molar-refractivity contribution in [2.45, 2.75) is 64.6 Å². The van der Waals surface area contributed by atoms with Crippen LogP contribution in [0.3, 0.4) is 0 Å². The Kier molecular flexibility index (Phi) is 8.95. The van der Waals surface area contributed by atoms with E-state index in [9.17, 15) is 9.59 Å². The summed E-state index contributed by atoms with van der Waals surface area (Å²) in [7, 11) is 3.36. The molecule has 2 aromatic carbocycles. The fourth-order valence-electron chi connectivity index (χ4n) is 8.84. The van der Waals surface area contributed by atoms with Crippen LogP contribution in [0.25, 0.3) is 33.6 Å². The third-order valence-electron chi connectivity index (χ3n) is 11.7. The molecule has 4 aromatic rings. The van der Waals surface area contributed by atoms with Crippen molar-refractivity contribution in [2.24, 2.45) is 0 Å². The molecular weight excluding hydrogens is 654 g/mol. The zero-order chi connectivity index (χ0) is 36.1. The number of aromatic nitrogens is 3. The molecule has 5 heterocycles. The molecule has 2 aromatic heterocycles. The Morgan fingerprint density at radius 2 is 1.52 bits per heavy atom. The van der Waals surface area contributed by atoms with Gasteiger partial charge >= 0.3 is 0 Å². The molecule has 1 unspecified atom stereocenters. The monoisotopic (exact) mass is 701 g/mol. The third kappa shape index (κ3) is 6.09. The van der Waals surface area contributed by atoms with E-state index < -0.39 is 0 Å². The highest BCUT2D eigenvalue weighted by Crippen LogP contribution is 2.47. The van der Waals surface area contributed by atoms with Crippen LogP contribution in [0, 0.1) is 13.8 Å². The molecule has 8 rings (SSSR count). The Balaban J connectivity index is 1.05. The Labute approximate surface area is 305 Å². The molecule has 3 fully saturated rings. The maximum absolute atomic E-state index is 11.9. The van der Waals surface area contributed by atoms with Crippen molar-refractivity contribution in [2.75, 3.05) is 53.5 Å². The molecule has 3 aliphatic heterocycles. The van der Waals surface area contributed by atoms with E-state index in [0.29, 0.717) is 37.8 Å². The van der Waals surface area contributed by atoms with Gasteiger partial charge in [0, 0.05) is 81.9 Å². The van der Waals surface area contributed by atoms with Crippen molar-refractivity contribution >= 4 is 11.8 Å². The number of nitrogens with zero attached hydrogens (tertiary/aromatic N) is 6. The topological polar surface area (TPSA) is 113 Å². The van der Waals surface area contributed by atoms with Crippen LogP contribution in [-0.4, -0.2) is 100 Å². The number of fused-ring (bicyclic) bond motifs is 1. The summed E-state index contributed by atoms with van der Waals surface area (Å²) in [6.07, 6.45) is 5.40. The average Bonchev–Trinajstić information content (AvgIpc) is 3.75. The minimum Gasteiger partial charge on any atom is -0.481 e. The van der Waals surface area contributed by atoms with Crippen molar-refractivity contribution in [1.29, 1.82) is 0 Å². The fourth-order valence-corrected chi connectivity index (χ4v) is 8.84. The van der Waals surface area contributed by atoms with Gasteiger partial charge in [0.2, 0.25) is 23.6 Å². The number of benzene rings is 2. The maximum atomic E-state index is 11.9. The number of rotatable bonds is 8. The van der Waals surface area contributed by atoms with Crippen LogP contribution >= 0.6 is 0 Å². The second-order valence-corrected chi connectivity index (χ2v) is 14.8. The molecule has 1 spiro atoms. The van der Waals surface area contributed by atoms with Crippen molar-refractivity contribution < 1.29 is 19.1 Å². The number of aryl methyl sites for hydroxylation is 1. The molecule has 0 bridgehead atoms. The van der Waals surface area contributed by atoms with Crippen molar-refractivity contribution in [1.82, 2.24) is 35.0 Å². The normalized spacial score (nSPS) is 19.8. The molecule has 52 heavy (non-hydrogen) atoms. The highest BCUT2D eigenvalue weighted by molar-refractivity contribution is 5.83. The van der Waals surface area contributed by atoms with Crippen molar-refractivity contribution in [3.05, 3.63) is 76.6 Å².